The number of esters is 1. The number of aliphatic hydroxyl groups is 1. The molecule has 5 rings (SSSR count). The molecule has 1 atom stereocenters. The SMILES string of the molecule is COC(=O)c1sc2c(-c3ccccc3)c(-c3ccccc3OC[C@H](CO)NC(=O)OCc3ccccc3)[nH]c2c1C. The molecule has 0 aliphatic rings. The molecular weight excluding hydrogens is 540 g/mol. The molecule has 8 nitrogen and oxygen atoms in total. The average Bonchev–Trinajstić information content (AvgIpc) is 3.55. The number of fused-ring (bicyclic) bond motifs is 1. The first-order valence-corrected chi connectivity index (χ1v) is 13.9. The molecular formula is C32H30N2O6S. The van der Waals surface area contributed by atoms with Crippen molar-refractivity contribution in [2.45, 2.75) is 19.6 Å². The molecule has 0 radical (unpaired) electrons. The van der Waals surface area contributed by atoms with Gasteiger partial charge in [0.1, 0.15) is 23.8 Å². The Morgan fingerprint density at radius 2 is 1.66 bits per heavy atom. The number of alkyl carbamates (subject to hydrolysis) is 1. The van der Waals surface area contributed by atoms with Gasteiger partial charge in [-0.05, 0) is 35.7 Å². The number of ether oxygens (including phenoxy) is 3. The van der Waals surface area contributed by atoms with Crippen LogP contribution in [0, 0.1) is 6.92 Å². The number of benzene rings is 3. The number of carbonyl (C=O) groups excluding carboxylic acids is 2. The van der Waals surface area contributed by atoms with Crippen LogP contribution < -0.4 is 10.1 Å². The highest BCUT2D eigenvalue weighted by Crippen LogP contribution is 2.46. The minimum atomic E-state index is -0.683. The van der Waals surface area contributed by atoms with Crippen molar-refractivity contribution < 1.29 is 28.9 Å². The Labute approximate surface area is 241 Å². The molecule has 0 saturated heterocycles. The smallest absolute Gasteiger partial charge is 0.407 e. The number of aromatic amines is 1. The largest absolute Gasteiger partial charge is 0.491 e. The van der Waals surface area contributed by atoms with E-state index < -0.39 is 12.1 Å². The lowest BCUT2D eigenvalue weighted by molar-refractivity contribution is 0.0605. The van der Waals surface area contributed by atoms with Gasteiger partial charge in [-0.2, -0.15) is 0 Å². The second-order valence-corrected chi connectivity index (χ2v) is 10.4. The normalized spacial score (nSPS) is 11.7. The second kappa shape index (κ2) is 12.7. The standard InChI is InChI=1S/C32H30N2O6S/c1-20-27-30(41-29(20)31(36)38-2)26(22-13-7-4-8-14-22)28(34-27)24-15-9-10-16-25(24)39-19-23(17-35)33-32(37)40-18-21-11-5-3-6-12-21/h3-16,23,34-35H,17-19H2,1-2H3,(H,33,37)/t23-/m0/s1. The van der Waals surface area contributed by atoms with Crippen LogP contribution in [0.15, 0.2) is 84.9 Å². The van der Waals surface area contributed by atoms with Gasteiger partial charge in [0.05, 0.1) is 35.7 Å². The van der Waals surface area contributed by atoms with Crippen LogP contribution in [-0.2, 0) is 16.1 Å². The number of methoxy groups -OCH3 is 1. The van der Waals surface area contributed by atoms with Gasteiger partial charge in [0.15, 0.2) is 0 Å². The van der Waals surface area contributed by atoms with Crippen molar-refractivity contribution in [3.63, 3.8) is 0 Å². The number of aromatic nitrogens is 1. The van der Waals surface area contributed by atoms with Gasteiger partial charge in [-0.25, -0.2) is 9.59 Å². The van der Waals surface area contributed by atoms with E-state index in [4.69, 9.17) is 14.2 Å². The van der Waals surface area contributed by atoms with E-state index in [1.165, 1.54) is 18.4 Å². The topological polar surface area (TPSA) is 110 Å². The van der Waals surface area contributed by atoms with Crippen LogP contribution >= 0.6 is 11.3 Å². The molecule has 210 valence electrons. The van der Waals surface area contributed by atoms with Crippen molar-refractivity contribution in [2.24, 2.45) is 0 Å². The fourth-order valence-electron chi connectivity index (χ4n) is 4.57. The summed E-state index contributed by atoms with van der Waals surface area (Å²) in [5.41, 5.74) is 6.11. The van der Waals surface area contributed by atoms with E-state index in [1.54, 1.807) is 0 Å². The molecule has 0 bridgehead atoms. The summed E-state index contributed by atoms with van der Waals surface area (Å²) in [5.74, 6) is 0.202. The number of aryl methyl sites for hydroxylation is 1. The van der Waals surface area contributed by atoms with Crippen molar-refractivity contribution in [2.75, 3.05) is 20.3 Å². The van der Waals surface area contributed by atoms with Crippen molar-refractivity contribution >= 4 is 33.6 Å². The van der Waals surface area contributed by atoms with Gasteiger partial charge in [-0.15, -0.1) is 11.3 Å². The van der Waals surface area contributed by atoms with Crippen LogP contribution in [0.4, 0.5) is 4.79 Å². The Kier molecular flexibility index (Phi) is 8.67. The lowest BCUT2D eigenvalue weighted by Gasteiger charge is -2.19. The number of H-pyrrole nitrogens is 1. The number of nitrogens with one attached hydrogen (secondary N) is 2. The maximum atomic E-state index is 12.4. The van der Waals surface area contributed by atoms with Crippen LogP contribution in [0.2, 0.25) is 0 Å². The van der Waals surface area contributed by atoms with Gasteiger partial charge < -0.3 is 29.6 Å². The molecule has 0 fully saturated rings. The minimum absolute atomic E-state index is 0.0230. The van der Waals surface area contributed by atoms with Gasteiger partial charge in [-0.1, -0.05) is 72.8 Å². The number of rotatable bonds is 10. The zero-order valence-electron chi connectivity index (χ0n) is 22.7. The zero-order valence-corrected chi connectivity index (χ0v) is 23.5. The van der Waals surface area contributed by atoms with Gasteiger partial charge in [0, 0.05) is 11.1 Å². The fraction of sp³-hybridized carbons (Fsp3) is 0.188. The van der Waals surface area contributed by atoms with Crippen LogP contribution in [0.3, 0.4) is 0 Å². The maximum Gasteiger partial charge on any atom is 0.407 e. The van der Waals surface area contributed by atoms with E-state index in [2.05, 4.69) is 10.3 Å². The highest BCUT2D eigenvalue weighted by Gasteiger charge is 2.25. The van der Waals surface area contributed by atoms with Crippen molar-refractivity contribution in [3.8, 4) is 28.1 Å². The molecule has 9 heteroatoms. The first-order chi connectivity index (χ1) is 20.0. The van der Waals surface area contributed by atoms with Crippen molar-refractivity contribution in [1.29, 1.82) is 0 Å². The minimum Gasteiger partial charge on any atom is -0.491 e. The summed E-state index contributed by atoms with van der Waals surface area (Å²) in [6, 6.07) is 26.2. The molecule has 0 saturated carbocycles. The summed E-state index contributed by atoms with van der Waals surface area (Å²) >= 11 is 1.39. The first-order valence-electron chi connectivity index (χ1n) is 13.1. The number of aliphatic hydroxyl groups excluding tert-OH is 1. The van der Waals surface area contributed by atoms with Gasteiger partial charge in [-0.3, -0.25) is 0 Å². The Bertz CT molecular complexity index is 1650. The number of para-hydroxylation sites is 1. The molecule has 3 N–H and O–H groups in total. The van der Waals surface area contributed by atoms with Crippen LogP contribution in [-0.4, -0.2) is 48.5 Å². The van der Waals surface area contributed by atoms with Crippen LogP contribution in [0.25, 0.3) is 32.6 Å². The Balaban J connectivity index is 1.41. The van der Waals surface area contributed by atoms with E-state index in [-0.39, 0.29) is 25.8 Å². The predicted molar refractivity (Wildman–Crippen MR) is 159 cm³/mol. The monoisotopic (exact) mass is 570 g/mol. The summed E-state index contributed by atoms with van der Waals surface area (Å²) in [7, 11) is 1.38. The molecule has 1 amide bonds. The third-order valence-corrected chi connectivity index (χ3v) is 7.95. The molecule has 0 unspecified atom stereocenters. The summed E-state index contributed by atoms with van der Waals surface area (Å²) in [6.07, 6.45) is -0.641. The number of thiophene rings is 1. The Morgan fingerprint density at radius 3 is 2.37 bits per heavy atom. The predicted octanol–water partition coefficient (Wildman–Crippen LogP) is 6.32. The summed E-state index contributed by atoms with van der Waals surface area (Å²) in [6.45, 7) is 1.72. The zero-order chi connectivity index (χ0) is 28.8. The van der Waals surface area contributed by atoms with Crippen molar-refractivity contribution in [3.05, 3.63) is 101 Å². The van der Waals surface area contributed by atoms with Crippen molar-refractivity contribution in [1.82, 2.24) is 10.3 Å². The van der Waals surface area contributed by atoms with E-state index >= 15 is 0 Å². The quantitative estimate of drug-likeness (QED) is 0.169. The van der Waals surface area contributed by atoms with Gasteiger partial charge >= 0.3 is 12.1 Å². The lowest BCUT2D eigenvalue weighted by Crippen LogP contribution is -2.42. The number of carbonyl (C=O) groups is 2. The summed E-state index contributed by atoms with van der Waals surface area (Å²) in [4.78, 5) is 28.9. The van der Waals surface area contributed by atoms with E-state index in [0.29, 0.717) is 10.6 Å². The Morgan fingerprint density at radius 1 is 0.976 bits per heavy atom. The van der Waals surface area contributed by atoms with Gasteiger partial charge in [0.2, 0.25) is 0 Å². The molecule has 2 aromatic heterocycles. The van der Waals surface area contributed by atoms with E-state index in [1.807, 2.05) is 91.9 Å². The van der Waals surface area contributed by atoms with E-state index in [0.717, 1.165) is 43.7 Å². The molecule has 0 aliphatic carbocycles. The van der Waals surface area contributed by atoms with Crippen LogP contribution in [0.5, 0.6) is 5.75 Å². The maximum absolute atomic E-state index is 12.4. The first kappa shape index (κ1) is 27.9. The molecule has 5 aromatic rings. The summed E-state index contributed by atoms with van der Waals surface area (Å²) < 4.78 is 17.4. The van der Waals surface area contributed by atoms with E-state index in [9.17, 15) is 14.7 Å². The number of hydrogen-bond acceptors (Lipinski definition) is 7. The average molecular weight is 571 g/mol. The summed E-state index contributed by atoms with van der Waals surface area (Å²) in [5, 5.41) is 12.6. The molecule has 0 spiro atoms. The molecule has 3 aromatic carbocycles. The van der Waals surface area contributed by atoms with Gasteiger partial charge in [0.25, 0.3) is 0 Å². The highest BCUT2D eigenvalue weighted by molar-refractivity contribution is 7.21. The molecule has 2 heterocycles. The van der Waals surface area contributed by atoms with Crippen LogP contribution in [0.1, 0.15) is 20.8 Å². The molecule has 41 heavy (non-hydrogen) atoms. The second-order valence-electron chi connectivity index (χ2n) is 9.39. The third kappa shape index (κ3) is 6.11. The number of hydrogen-bond donors (Lipinski definition) is 3. The fourth-order valence-corrected chi connectivity index (χ4v) is 5.83. The molecule has 0 aliphatic heterocycles. The highest BCUT2D eigenvalue weighted by atomic mass is 32.1. The third-order valence-electron chi connectivity index (χ3n) is 6.66. The Hall–Kier alpha value is -4.60. The lowest BCUT2D eigenvalue weighted by atomic mass is 10.0. The number of amides is 1.